The van der Waals surface area contributed by atoms with Gasteiger partial charge in [0.15, 0.2) is 0 Å². The SMILES string of the molecule is CN(C(=O)/C=C\C=O)C(Br)[Se][Ba]. The van der Waals surface area contributed by atoms with Crippen LogP contribution in [0.1, 0.15) is 0 Å². The van der Waals surface area contributed by atoms with Gasteiger partial charge < -0.3 is 0 Å². The molecule has 63 valence electrons. The quantitative estimate of drug-likeness (QED) is 0.205. The van der Waals surface area contributed by atoms with Crippen LogP contribution in [-0.2, 0) is 9.59 Å². The summed E-state index contributed by atoms with van der Waals surface area (Å²) in [6, 6.07) is 0. The minimum atomic E-state index is -0.128. The van der Waals surface area contributed by atoms with Crippen molar-refractivity contribution < 1.29 is 9.59 Å². The molecule has 0 bridgehead atoms. The van der Waals surface area contributed by atoms with E-state index in [1.165, 1.54) is 12.2 Å². The molecule has 1 amide bonds. The number of carbonyl (C=O) groups excluding carboxylic acids is 2. The fourth-order valence-corrected chi connectivity index (χ4v) is 4.99. The van der Waals surface area contributed by atoms with Gasteiger partial charge in [-0.3, -0.25) is 0 Å². The summed E-state index contributed by atoms with van der Waals surface area (Å²) in [5.74, 6) is -0.128. The zero-order valence-electron chi connectivity index (χ0n) is 6.57. The van der Waals surface area contributed by atoms with Crippen molar-refractivity contribution in [1.29, 1.82) is 0 Å². The molecule has 0 saturated heterocycles. The predicted molar refractivity (Wildman–Crippen MR) is 52.2 cm³/mol. The second-order valence-electron chi connectivity index (χ2n) is 1.90. The molecule has 1 atom stereocenters. The fraction of sp³-hybridized carbons (Fsp3) is 0.333. The fourth-order valence-electron chi connectivity index (χ4n) is 0.451. The Balaban J connectivity index is 4.09. The molecule has 3 nitrogen and oxygen atoms in total. The molecular weight excluding hydrogens is 414 g/mol. The number of rotatable bonds is 4. The van der Waals surface area contributed by atoms with Crippen LogP contribution in [0, 0.1) is 0 Å². The molecule has 0 fully saturated rings. The second kappa shape index (κ2) is 7.82. The molecule has 0 aliphatic heterocycles. The van der Waals surface area contributed by atoms with Crippen LogP contribution in [-0.4, -0.2) is 77.2 Å². The topological polar surface area (TPSA) is 37.4 Å². The summed E-state index contributed by atoms with van der Waals surface area (Å²) in [6.07, 6.45) is 3.62. The molecule has 0 aromatic heterocycles. The molecule has 1 unspecified atom stereocenters. The van der Waals surface area contributed by atoms with Crippen molar-refractivity contribution in [2.75, 3.05) is 7.05 Å². The second-order valence-corrected chi connectivity index (χ2v) is 11.2. The summed E-state index contributed by atoms with van der Waals surface area (Å²) in [7, 11) is 1.73. The summed E-state index contributed by atoms with van der Waals surface area (Å²) in [5.41, 5.74) is 0. The maximum atomic E-state index is 11.2. The summed E-state index contributed by atoms with van der Waals surface area (Å²) < 4.78 is 0.178. The van der Waals surface area contributed by atoms with Crippen LogP contribution >= 0.6 is 15.9 Å². The normalized spacial score (nSPS) is 12.8. The van der Waals surface area contributed by atoms with E-state index in [-0.39, 0.29) is 9.76 Å². The number of likely N-dealkylation sites (N-methyl/N-ethyl adjacent to an activating group) is 1. The molecule has 0 aliphatic carbocycles. The van der Waals surface area contributed by atoms with Crippen LogP contribution in [0.4, 0.5) is 0 Å². The van der Waals surface area contributed by atoms with E-state index in [1.54, 1.807) is 11.9 Å². The molecule has 0 aromatic carbocycles. The van der Waals surface area contributed by atoms with Crippen LogP contribution in [0.3, 0.4) is 0 Å². The Morgan fingerprint density at radius 1 is 1.75 bits per heavy atom. The molecular formula is C6H7BaBrNO2Se. The van der Waals surface area contributed by atoms with Crippen molar-refractivity contribution in [2.24, 2.45) is 0 Å². The molecule has 0 aliphatic rings. The first-order chi connectivity index (χ1) is 5.63. The van der Waals surface area contributed by atoms with E-state index >= 15 is 0 Å². The van der Waals surface area contributed by atoms with Gasteiger partial charge in [0.1, 0.15) is 0 Å². The Morgan fingerprint density at radius 2 is 2.33 bits per heavy atom. The van der Waals surface area contributed by atoms with Gasteiger partial charge in [0.05, 0.1) is 0 Å². The molecule has 6 heteroatoms. The number of allylic oxidation sites excluding steroid dienone is 1. The third-order valence-electron chi connectivity index (χ3n) is 1.11. The molecule has 0 N–H and O–H groups in total. The van der Waals surface area contributed by atoms with Crippen molar-refractivity contribution >= 4 is 77.4 Å². The number of hydrogen-bond acceptors (Lipinski definition) is 2. The Labute approximate surface area is 113 Å². The van der Waals surface area contributed by atoms with Crippen LogP contribution in [0.15, 0.2) is 12.2 Å². The van der Waals surface area contributed by atoms with E-state index in [1.807, 2.05) is 0 Å². The molecule has 0 saturated carbocycles. The molecule has 1 radical (unpaired) electrons. The number of amides is 1. The van der Waals surface area contributed by atoms with Crippen LogP contribution in [0.2, 0.25) is 0 Å². The van der Waals surface area contributed by atoms with Crippen molar-refractivity contribution in [1.82, 2.24) is 4.90 Å². The first-order valence-corrected chi connectivity index (χ1v) is 15.6. The number of alkyl halides is 1. The van der Waals surface area contributed by atoms with E-state index in [0.29, 0.717) is 12.5 Å². The maximum absolute atomic E-state index is 11.2. The van der Waals surface area contributed by atoms with Crippen LogP contribution in [0.25, 0.3) is 0 Å². The van der Waals surface area contributed by atoms with E-state index in [2.05, 4.69) is 15.9 Å². The molecule has 0 rings (SSSR count). The summed E-state index contributed by atoms with van der Waals surface area (Å²) in [6.45, 7) is 0. The van der Waals surface area contributed by atoms with Gasteiger partial charge >= 0.3 is 115 Å². The first kappa shape index (κ1) is 13.5. The predicted octanol–water partition coefficient (Wildman–Crippen LogP) is -0.334. The third kappa shape index (κ3) is 5.24. The Kier molecular flexibility index (Phi) is 8.76. The first-order valence-electron chi connectivity index (χ1n) is 3.07. The molecule has 0 heterocycles. The number of aldehydes is 1. The summed E-state index contributed by atoms with van der Waals surface area (Å²) in [5, 5.41) is 0. The third-order valence-corrected chi connectivity index (χ3v) is 17.4. The standard InChI is InChI=1S/C6H8BrNO2Se.Ba/c1-8(6(7)11)5(10)3-2-4-9;/h2-4,6,11H,1H3;/q;+1/p-1/b3-2-;. The van der Waals surface area contributed by atoms with Crippen molar-refractivity contribution in [3.05, 3.63) is 12.2 Å². The monoisotopic (exact) mass is 422 g/mol. The van der Waals surface area contributed by atoms with Gasteiger partial charge in [-0.15, -0.1) is 0 Å². The number of nitrogens with zero attached hydrogens (tertiary/aromatic N) is 1. The number of carbonyl (C=O) groups is 2. The van der Waals surface area contributed by atoms with Crippen molar-refractivity contribution in [2.45, 2.75) is 3.85 Å². The van der Waals surface area contributed by atoms with Gasteiger partial charge in [0, 0.05) is 0 Å². The van der Waals surface area contributed by atoms with E-state index in [0.717, 1.165) is 43.1 Å². The van der Waals surface area contributed by atoms with E-state index in [9.17, 15) is 9.59 Å². The molecule has 12 heavy (non-hydrogen) atoms. The van der Waals surface area contributed by atoms with E-state index in [4.69, 9.17) is 0 Å². The Bertz CT molecular complexity index is 200. The van der Waals surface area contributed by atoms with Gasteiger partial charge in [0.2, 0.25) is 0 Å². The zero-order chi connectivity index (χ0) is 9.56. The van der Waals surface area contributed by atoms with E-state index < -0.39 is 0 Å². The average molecular weight is 421 g/mol. The molecule has 0 spiro atoms. The minimum absolute atomic E-state index is 0.128. The average Bonchev–Trinajstić information content (AvgIpc) is 2.11. The van der Waals surface area contributed by atoms with Crippen molar-refractivity contribution in [3.63, 3.8) is 0 Å². The number of halogens is 1. The van der Waals surface area contributed by atoms with Crippen molar-refractivity contribution in [3.8, 4) is 0 Å². The summed E-state index contributed by atoms with van der Waals surface area (Å²) >= 11 is 4.12. The Morgan fingerprint density at radius 3 is 2.75 bits per heavy atom. The zero-order valence-corrected chi connectivity index (χ0v) is 14.3. The van der Waals surface area contributed by atoms with Gasteiger partial charge in [-0.05, 0) is 0 Å². The van der Waals surface area contributed by atoms with Gasteiger partial charge in [0.25, 0.3) is 0 Å². The van der Waals surface area contributed by atoms with Crippen LogP contribution in [0.5, 0.6) is 0 Å². The molecule has 0 aromatic rings. The Hall–Kier alpha value is 1.45. The van der Waals surface area contributed by atoms with Gasteiger partial charge in [-0.2, -0.15) is 0 Å². The van der Waals surface area contributed by atoms with Gasteiger partial charge in [-0.1, -0.05) is 0 Å². The van der Waals surface area contributed by atoms with Crippen LogP contribution < -0.4 is 0 Å². The number of hydrogen-bond donors (Lipinski definition) is 0. The summed E-state index contributed by atoms with van der Waals surface area (Å²) in [4.78, 5) is 22.7. The van der Waals surface area contributed by atoms with Gasteiger partial charge in [-0.25, -0.2) is 0 Å².